The zero-order valence-corrected chi connectivity index (χ0v) is 10.6. The van der Waals surface area contributed by atoms with E-state index in [-0.39, 0.29) is 12.0 Å². The van der Waals surface area contributed by atoms with Gasteiger partial charge in [-0.05, 0) is 29.8 Å². The molecule has 2 aromatic carbocycles. The highest BCUT2D eigenvalue weighted by Gasteiger charge is 2.15. The van der Waals surface area contributed by atoms with E-state index in [0.29, 0.717) is 23.4 Å². The van der Waals surface area contributed by atoms with Gasteiger partial charge in [0.2, 0.25) is 0 Å². The van der Waals surface area contributed by atoms with E-state index in [9.17, 15) is 18.0 Å². The van der Waals surface area contributed by atoms with Crippen molar-refractivity contribution in [1.29, 1.82) is 0 Å². The van der Waals surface area contributed by atoms with Crippen LogP contribution in [0.25, 0.3) is 0 Å². The van der Waals surface area contributed by atoms with Crippen molar-refractivity contribution in [1.82, 2.24) is 0 Å². The van der Waals surface area contributed by atoms with Gasteiger partial charge in [-0.1, -0.05) is 12.1 Å². The Bertz CT molecular complexity index is 630. The average Bonchev–Trinajstić information content (AvgIpc) is 2.44. The summed E-state index contributed by atoms with van der Waals surface area (Å²) in [5, 5.41) is 0. The number of methoxy groups -OCH3 is 1. The lowest BCUT2D eigenvalue weighted by Gasteiger charge is -2.05. The average molecular weight is 280 g/mol. The van der Waals surface area contributed by atoms with Gasteiger partial charge in [0.15, 0.2) is 23.2 Å². The van der Waals surface area contributed by atoms with Crippen LogP contribution < -0.4 is 4.74 Å². The molecule has 0 aliphatic rings. The second kappa shape index (κ2) is 5.77. The van der Waals surface area contributed by atoms with E-state index in [0.717, 1.165) is 0 Å². The van der Waals surface area contributed by atoms with Crippen LogP contribution in [0, 0.1) is 17.5 Å². The smallest absolute Gasteiger partial charge is 0.194 e. The number of rotatable bonds is 4. The zero-order valence-electron chi connectivity index (χ0n) is 10.6. The van der Waals surface area contributed by atoms with E-state index in [1.54, 1.807) is 24.3 Å². The molecule has 0 aromatic heterocycles. The van der Waals surface area contributed by atoms with Crippen LogP contribution in [-0.4, -0.2) is 12.9 Å². The summed E-state index contributed by atoms with van der Waals surface area (Å²) >= 11 is 0. The van der Waals surface area contributed by atoms with E-state index >= 15 is 0 Å². The molecule has 0 aliphatic heterocycles. The molecule has 0 heterocycles. The van der Waals surface area contributed by atoms with Gasteiger partial charge in [0.05, 0.1) is 7.11 Å². The number of hydrogen-bond donors (Lipinski definition) is 0. The summed E-state index contributed by atoms with van der Waals surface area (Å²) in [5.74, 6) is -4.26. The molecule has 0 N–H and O–H groups in total. The first-order chi connectivity index (χ1) is 9.51. The minimum atomic E-state index is -1.58. The lowest BCUT2D eigenvalue weighted by Crippen LogP contribution is -2.06. The predicted molar refractivity (Wildman–Crippen MR) is 67.3 cm³/mol. The second-order valence-electron chi connectivity index (χ2n) is 4.21. The number of Topliss-reactive ketones (excluding diaryl/α,β-unsaturated/α-hetero) is 1. The summed E-state index contributed by atoms with van der Waals surface area (Å²) in [6, 6.07) is 8.14. The molecular formula is C15H11F3O2. The number of hydrogen-bond acceptors (Lipinski definition) is 2. The zero-order chi connectivity index (χ0) is 14.7. The molecule has 2 aromatic rings. The first-order valence-electron chi connectivity index (χ1n) is 5.82. The Hall–Kier alpha value is -2.30. The lowest BCUT2D eigenvalue weighted by atomic mass is 10.0. The molecule has 2 rings (SSSR count). The highest BCUT2D eigenvalue weighted by atomic mass is 19.2. The number of benzene rings is 2. The summed E-state index contributed by atoms with van der Waals surface area (Å²) in [5.41, 5.74) is 0.434. The highest BCUT2D eigenvalue weighted by Crippen LogP contribution is 2.17. The van der Waals surface area contributed by atoms with Gasteiger partial charge in [-0.25, -0.2) is 13.2 Å². The van der Waals surface area contributed by atoms with E-state index in [1.165, 1.54) is 7.11 Å². The molecule has 0 saturated carbocycles. The summed E-state index contributed by atoms with van der Waals surface area (Å²) in [4.78, 5) is 11.9. The standard InChI is InChI=1S/C15H11F3O2/c1-20-11-4-2-3-9(5-11)6-14(19)10-7-12(16)15(18)13(17)8-10/h2-5,7-8H,6H2,1H3. The van der Waals surface area contributed by atoms with Crippen molar-refractivity contribution in [3.05, 3.63) is 65.0 Å². The fourth-order valence-corrected chi connectivity index (χ4v) is 1.79. The SMILES string of the molecule is COc1cccc(CC(=O)c2cc(F)c(F)c(F)c2)c1. The van der Waals surface area contributed by atoms with E-state index < -0.39 is 23.2 Å². The van der Waals surface area contributed by atoms with Crippen LogP contribution >= 0.6 is 0 Å². The number of ether oxygens (including phenoxy) is 1. The van der Waals surface area contributed by atoms with Gasteiger partial charge in [-0.15, -0.1) is 0 Å². The molecule has 0 fully saturated rings. The first-order valence-corrected chi connectivity index (χ1v) is 5.82. The fraction of sp³-hybridized carbons (Fsp3) is 0.133. The molecule has 5 heteroatoms. The molecule has 0 bridgehead atoms. The topological polar surface area (TPSA) is 26.3 Å². The quantitative estimate of drug-likeness (QED) is 0.632. The van der Waals surface area contributed by atoms with Crippen molar-refractivity contribution in [2.45, 2.75) is 6.42 Å². The predicted octanol–water partition coefficient (Wildman–Crippen LogP) is 3.54. The Balaban J connectivity index is 2.23. The lowest BCUT2D eigenvalue weighted by molar-refractivity contribution is 0.0992. The molecule has 0 unspecified atom stereocenters. The van der Waals surface area contributed by atoms with Crippen molar-refractivity contribution >= 4 is 5.78 Å². The Labute approximate surface area is 113 Å². The maximum Gasteiger partial charge on any atom is 0.194 e. The minimum absolute atomic E-state index is 0.0539. The molecule has 0 amide bonds. The fourth-order valence-electron chi connectivity index (χ4n) is 1.79. The molecule has 0 radical (unpaired) electrons. The van der Waals surface area contributed by atoms with Crippen LogP contribution in [0.2, 0.25) is 0 Å². The largest absolute Gasteiger partial charge is 0.497 e. The molecule has 0 atom stereocenters. The third kappa shape index (κ3) is 2.99. The number of carbonyl (C=O) groups is 1. The third-order valence-electron chi connectivity index (χ3n) is 2.80. The molecule has 2 nitrogen and oxygen atoms in total. The van der Waals surface area contributed by atoms with Crippen molar-refractivity contribution in [2.24, 2.45) is 0 Å². The Kier molecular flexibility index (Phi) is 4.08. The monoisotopic (exact) mass is 280 g/mol. The Morgan fingerprint density at radius 1 is 1.10 bits per heavy atom. The highest BCUT2D eigenvalue weighted by molar-refractivity contribution is 5.97. The van der Waals surface area contributed by atoms with Crippen molar-refractivity contribution in [2.75, 3.05) is 7.11 Å². The summed E-state index contributed by atoms with van der Waals surface area (Å²) in [6.07, 6.45) is -0.0539. The van der Waals surface area contributed by atoms with Crippen molar-refractivity contribution in [3.63, 3.8) is 0 Å². The van der Waals surface area contributed by atoms with Crippen LogP contribution in [-0.2, 0) is 6.42 Å². The van der Waals surface area contributed by atoms with Gasteiger partial charge in [-0.2, -0.15) is 0 Å². The second-order valence-corrected chi connectivity index (χ2v) is 4.21. The first kappa shape index (κ1) is 14.1. The summed E-state index contributed by atoms with van der Waals surface area (Å²) < 4.78 is 44.0. The maximum atomic E-state index is 13.1. The van der Waals surface area contributed by atoms with Gasteiger partial charge in [0.25, 0.3) is 0 Å². The minimum Gasteiger partial charge on any atom is -0.497 e. The van der Waals surface area contributed by atoms with Gasteiger partial charge in [0.1, 0.15) is 5.75 Å². The van der Waals surface area contributed by atoms with Crippen molar-refractivity contribution < 1.29 is 22.7 Å². The van der Waals surface area contributed by atoms with Gasteiger partial charge >= 0.3 is 0 Å². The maximum absolute atomic E-state index is 13.1. The molecule has 0 saturated heterocycles. The van der Waals surface area contributed by atoms with E-state index in [2.05, 4.69) is 0 Å². The Morgan fingerprint density at radius 2 is 1.75 bits per heavy atom. The van der Waals surface area contributed by atoms with Gasteiger partial charge in [-0.3, -0.25) is 4.79 Å². The van der Waals surface area contributed by atoms with Crippen molar-refractivity contribution in [3.8, 4) is 5.75 Å². The summed E-state index contributed by atoms with van der Waals surface area (Å²) in [6.45, 7) is 0. The van der Waals surface area contributed by atoms with Gasteiger partial charge in [0, 0.05) is 12.0 Å². The molecule has 104 valence electrons. The number of carbonyl (C=O) groups excluding carboxylic acids is 1. The van der Waals surface area contributed by atoms with Gasteiger partial charge < -0.3 is 4.74 Å². The third-order valence-corrected chi connectivity index (χ3v) is 2.80. The molecule has 0 spiro atoms. The van der Waals surface area contributed by atoms with Crippen LogP contribution in [0.4, 0.5) is 13.2 Å². The number of halogens is 3. The molecule has 0 aliphatic carbocycles. The van der Waals surface area contributed by atoms with Crippen LogP contribution in [0.1, 0.15) is 15.9 Å². The molecule has 20 heavy (non-hydrogen) atoms. The molecular weight excluding hydrogens is 269 g/mol. The number of ketones is 1. The van der Waals surface area contributed by atoms with Crippen LogP contribution in [0.5, 0.6) is 5.75 Å². The van der Waals surface area contributed by atoms with E-state index in [4.69, 9.17) is 4.74 Å². The van der Waals surface area contributed by atoms with Crippen LogP contribution in [0.15, 0.2) is 36.4 Å². The van der Waals surface area contributed by atoms with E-state index in [1.807, 2.05) is 0 Å². The summed E-state index contributed by atoms with van der Waals surface area (Å²) in [7, 11) is 1.49. The van der Waals surface area contributed by atoms with Crippen LogP contribution in [0.3, 0.4) is 0 Å². The normalized spacial score (nSPS) is 10.4. The Morgan fingerprint density at radius 3 is 2.35 bits per heavy atom.